The number of methoxy groups -OCH3 is 1. The van der Waals surface area contributed by atoms with Crippen LogP contribution in [0.2, 0.25) is 5.02 Å². The van der Waals surface area contributed by atoms with Gasteiger partial charge >= 0.3 is 5.97 Å². The summed E-state index contributed by atoms with van der Waals surface area (Å²) < 4.78 is 5.71. The van der Waals surface area contributed by atoms with Gasteiger partial charge in [0.2, 0.25) is 0 Å². The van der Waals surface area contributed by atoms with Crippen LogP contribution in [-0.4, -0.2) is 24.2 Å². The first-order valence-electron chi connectivity index (χ1n) is 8.96. The molecule has 140 valence electrons. The van der Waals surface area contributed by atoms with E-state index < -0.39 is 5.97 Å². The Kier molecular flexibility index (Phi) is 6.73. The highest BCUT2D eigenvalue weighted by Gasteiger charge is 2.18. The van der Waals surface area contributed by atoms with Gasteiger partial charge in [-0.25, -0.2) is 4.79 Å². The molecule has 0 atom stereocenters. The molecule has 1 aliphatic rings. The molecule has 1 aliphatic carbocycles. The van der Waals surface area contributed by atoms with E-state index in [9.17, 15) is 4.79 Å². The molecule has 0 spiro atoms. The van der Waals surface area contributed by atoms with Crippen LogP contribution in [0.1, 0.15) is 54.6 Å². The average molecular weight is 411 g/mol. The van der Waals surface area contributed by atoms with Gasteiger partial charge in [0.25, 0.3) is 0 Å². The molecule has 0 saturated heterocycles. The molecule has 7 heteroatoms. The number of esters is 1. The number of nitrogens with one attached hydrogen (secondary N) is 2. The molecule has 1 heterocycles. The fourth-order valence-electron chi connectivity index (χ4n) is 3.32. The molecule has 0 aliphatic heterocycles. The molecule has 1 saturated carbocycles. The first kappa shape index (κ1) is 19.4. The number of rotatable bonds is 3. The van der Waals surface area contributed by atoms with Crippen molar-refractivity contribution in [1.82, 2.24) is 5.32 Å². The van der Waals surface area contributed by atoms with E-state index >= 15 is 0 Å². The number of ether oxygens (including phenoxy) is 1. The molecular weight excluding hydrogens is 388 g/mol. The number of anilines is 1. The highest BCUT2D eigenvalue weighted by molar-refractivity contribution is 7.80. The molecule has 3 rings (SSSR count). The van der Waals surface area contributed by atoms with Crippen molar-refractivity contribution in [3.63, 3.8) is 0 Å². The Morgan fingerprint density at radius 1 is 1.23 bits per heavy atom. The lowest BCUT2D eigenvalue weighted by molar-refractivity contribution is 0.0606. The highest BCUT2D eigenvalue weighted by Crippen LogP contribution is 2.37. The molecule has 4 nitrogen and oxygen atoms in total. The summed E-state index contributed by atoms with van der Waals surface area (Å²) in [7, 11) is 1.36. The van der Waals surface area contributed by atoms with E-state index in [2.05, 4.69) is 10.6 Å². The van der Waals surface area contributed by atoms with Gasteiger partial charge in [-0.1, -0.05) is 43.7 Å². The number of thiophene rings is 1. The number of halogens is 1. The maximum atomic E-state index is 11.8. The fourth-order valence-corrected chi connectivity index (χ4v) is 5.07. The third-order valence-corrected chi connectivity index (χ3v) is 6.56. The first-order chi connectivity index (χ1) is 12.6. The summed E-state index contributed by atoms with van der Waals surface area (Å²) in [6, 6.07) is 6.24. The van der Waals surface area contributed by atoms with Gasteiger partial charge in [0.15, 0.2) is 5.11 Å². The van der Waals surface area contributed by atoms with E-state index in [1.165, 1.54) is 63.4 Å². The largest absolute Gasteiger partial charge is 0.465 e. The van der Waals surface area contributed by atoms with Crippen LogP contribution in [0.15, 0.2) is 18.2 Å². The molecular formula is C19H23ClN2O2S2. The predicted molar refractivity (Wildman–Crippen MR) is 114 cm³/mol. The van der Waals surface area contributed by atoms with Gasteiger partial charge in [-0.2, -0.15) is 0 Å². The third-order valence-electron chi connectivity index (χ3n) is 4.70. The van der Waals surface area contributed by atoms with E-state index in [1.807, 2.05) is 18.2 Å². The zero-order valence-electron chi connectivity index (χ0n) is 14.8. The quantitative estimate of drug-likeness (QED) is 0.499. The molecule has 1 aromatic carbocycles. The normalized spacial score (nSPS) is 15.9. The Labute approximate surface area is 168 Å². The number of hydrogen-bond donors (Lipinski definition) is 2. The van der Waals surface area contributed by atoms with Crippen molar-refractivity contribution < 1.29 is 9.53 Å². The summed E-state index contributed by atoms with van der Waals surface area (Å²) >= 11 is 13.1. The van der Waals surface area contributed by atoms with Gasteiger partial charge < -0.3 is 15.4 Å². The summed E-state index contributed by atoms with van der Waals surface area (Å²) in [5, 5.41) is 8.64. The van der Waals surface area contributed by atoms with Crippen molar-refractivity contribution in [2.75, 3.05) is 12.4 Å². The maximum absolute atomic E-state index is 11.8. The van der Waals surface area contributed by atoms with E-state index in [0.29, 0.717) is 21.1 Å². The van der Waals surface area contributed by atoms with Crippen molar-refractivity contribution >= 4 is 62.0 Å². The van der Waals surface area contributed by atoms with Crippen molar-refractivity contribution in [1.29, 1.82) is 0 Å². The zero-order chi connectivity index (χ0) is 18.5. The lowest BCUT2D eigenvalue weighted by Crippen LogP contribution is -2.38. The number of fused-ring (bicyclic) bond motifs is 1. The molecule has 2 aromatic rings. The number of carbonyl (C=O) groups is 1. The Hall–Kier alpha value is -1.37. The van der Waals surface area contributed by atoms with Crippen LogP contribution in [0.4, 0.5) is 5.69 Å². The summed E-state index contributed by atoms with van der Waals surface area (Å²) in [5.74, 6) is -0.410. The number of thiocarbonyl (C=S) groups is 1. The second-order valence-electron chi connectivity index (χ2n) is 6.59. The summed E-state index contributed by atoms with van der Waals surface area (Å²) in [5.41, 5.74) is 0.884. The predicted octanol–water partition coefficient (Wildman–Crippen LogP) is 5.74. The number of benzene rings is 1. The van der Waals surface area contributed by atoms with E-state index in [1.54, 1.807) is 0 Å². The molecule has 1 aromatic heterocycles. The Balaban J connectivity index is 1.68. The Morgan fingerprint density at radius 3 is 2.62 bits per heavy atom. The summed E-state index contributed by atoms with van der Waals surface area (Å²) in [6.07, 6.45) is 8.85. The van der Waals surface area contributed by atoms with Crippen LogP contribution in [0.25, 0.3) is 10.1 Å². The minimum Gasteiger partial charge on any atom is -0.465 e. The molecule has 2 N–H and O–H groups in total. The molecule has 0 bridgehead atoms. The second kappa shape index (κ2) is 9.02. The van der Waals surface area contributed by atoms with Crippen molar-refractivity contribution in [3.8, 4) is 0 Å². The SMILES string of the molecule is COC(=O)c1sc2cc(NC(=S)NC3CCCCCCC3)ccc2c1Cl. The van der Waals surface area contributed by atoms with E-state index in [0.717, 1.165) is 15.8 Å². The van der Waals surface area contributed by atoms with Gasteiger partial charge in [0.1, 0.15) is 4.88 Å². The lowest BCUT2D eigenvalue weighted by Gasteiger charge is -2.22. The van der Waals surface area contributed by atoms with Crippen LogP contribution in [0.5, 0.6) is 0 Å². The Morgan fingerprint density at radius 2 is 1.92 bits per heavy atom. The first-order valence-corrected chi connectivity index (χ1v) is 10.6. The van der Waals surface area contributed by atoms with Gasteiger partial charge in [0, 0.05) is 21.8 Å². The summed E-state index contributed by atoms with van der Waals surface area (Å²) in [6.45, 7) is 0. The molecule has 1 fully saturated rings. The van der Waals surface area contributed by atoms with Crippen LogP contribution < -0.4 is 10.6 Å². The molecule has 0 radical (unpaired) electrons. The monoisotopic (exact) mass is 410 g/mol. The Bertz CT molecular complexity index is 798. The van der Waals surface area contributed by atoms with Gasteiger partial charge in [0.05, 0.1) is 12.1 Å². The highest BCUT2D eigenvalue weighted by atomic mass is 35.5. The summed E-state index contributed by atoms with van der Waals surface area (Å²) in [4.78, 5) is 12.2. The van der Waals surface area contributed by atoms with Gasteiger partial charge in [-0.3, -0.25) is 0 Å². The standard InChI is InChI=1S/C19H23ClN2O2S2/c1-24-18(23)17-16(20)14-10-9-13(11-15(14)26-17)22-19(25)21-12-7-5-3-2-4-6-8-12/h9-12H,2-8H2,1H3,(H2,21,22,25). The van der Waals surface area contributed by atoms with Crippen molar-refractivity contribution in [2.45, 2.75) is 51.0 Å². The maximum Gasteiger partial charge on any atom is 0.349 e. The second-order valence-corrected chi connectivity index (χ2v) is 8.43. The van der Waals surface area contributed by atoms with Crippen LogP contribution in [0.3, 0.4) is 0 Å². The number of hydrogen-bond acceptors (Lipinski definition) is 4. The lowest BCUT2D eigenvalue weighted by atomic mass is 9.97. The van der Waals surface area contributed by atoms with Gasteiger partial charge in [-0.15, -0.1) is 11.3 Å². The molecule has 0 amide bonds. The van der Waals surface area contributed by atoms with Crippen LogP contribution in [0, 0.1) is 0 Å². The molecule has 26 heavy (non-hydrogen) atoms. The minimum atomic E-state index is -0.410. The van der Waals surface area contributed by atoms with Crippen molar-refractivity contribution in [2.24, 2.45) is 0 Å². The van der Waals surface area contributed by atoms with E-state index in [-0.39, 0.29) is 0 Å². The van der Waals surface area contributed by atoms with Gasteiger partial charge in [-0.05, 0) is 43.3 Å². The minimum absolute atomic E-state index is 0.410. The molecule has 0 unspecified atom stereocenters. The van der Waals surface area contributed by atoms with E-state index in [4.69, 9.17) is 28.6 Å². The number of carbonyl (C=O) groups excluding carboxylic acids is 1. The third kappa shape index (κ3) is 4.67. The van der Waals surface area contributed by atoms with Crippen LogP contribution in [-0.2, 0) is 4.74 Å². The van der Waals surface area contributed by atoms with Crippen molar-refractivity contribution in [3.05, 3.63) is 28.1 Å². The average Bonchev–Trinajstić information content (AvgIpc) is 2.93. The fraction of sp³-hybridized carbons (Fsp3) is 0.474. The topological polar surface area (TPSA) is 50.4 Å². The van der Waals surface area contributed by atoms with Crippen LogP contribution >= 0.6 is 35.2 Å². The zero-order valence-corrected chi connectivity index (χ0v) is 17.2. The smallest absolute Gasteiger partial charge is 0.349 e.